The molecule has 2 aromatic rings. The van der Waals surface area contributed by atoms with Gasteiger partial charge in [-0.3, -0.25) is 4.79 Å². The second-order valence-electron chi connectivity index (χ2n) is 7.40. The molecule has 0 radical (unpaired) electrons. The lowest BCUT2D eigenvalue weighted by atomic mass is 10.1. The highest BCUT2D eigenvalue weighted by Crippen LogP contribution is 2.38. The van der Waals surface area contributed by atoms with Crippen LogP contribution >= 0.6 is 0 Å². The highest BCUT2D eigenvalue weighted by atomic mass is 32.2. The van der Waals surface area contributed by atoms with Gasteiger partial charge in [-0.1, -0.05) is 0 Å². The highest BCUT2D eigenvalue weighted by Gasteiger charge is 2.31. The molecule has 150 valence electrons. The number of aryl methyl sites for hydroxylation is 1. The van der Waals surface area contributed by atoms with Crippen LogP contribution in [0.5, 0.6) is 0 Å². The van der Waals surface area contributed by atoms with Gasteiger partial charge in [0, 0.05) is 29.0 Å². The summed E-state index contributed by atoms with van der Waals surface area (Å²) in [5.74, 6) is -1.44. The third-order valence-corrected chi connectivity index (χ3v) is 6.37. The van der Waals surface area contributed by atoms with Crippen molar-refractivity contribution in [1.29, 1.82) is 0 Å². The van der Waals surface area contributed by atoms with Crippen LogP contribution in [-0.4, -0.2) is 37.4 Å². The summed E-state index contributed by atoms with van der Waals surface area (Å²) in [4.78, 5) is 24.6. The van der Waals surface area contributed by atoms with Crippen molar-refractivity contribution in [3.8, 4) is 0 Å². The third-order valence-electron chi connectivity index (χ3n) is 4.98. The van der Waals surface area contributed by atoms with Gasteiger partial charge in [-0.05, 0) is 57.7 Å². The topological polar surface area (TPSA) is 108 Å². The first kappa shape index (κ1) is 18.9. The smallest absolute Gasteiger partial charge is 0.374 e. The molecule has 2 fully saturated rings. The summed E-state index contributed by atoms with van der Waals surface area (Å²) in [5, 5.41) is -0.342. The van der Waals surface area contributed by atoms with Crippen molar-refractivity contribution in [2.75, 3.05) is 6.61 Å². The van der Waals surface area contributed by atoms with Crippen LogP contribution in [-0.2, 0) is 14.8 Å². The summed E-state index contributed by atoms with van der Waals surface area (Å²) in [6.07, 6.45) is 3.80. The Labute approximate surface area is 162 Å². The Kier molecular flexibility index (Phi) is 4.67. The number of carbonyl (C=O) groups excluding carboxylic acids is 2. The van der Waals surface area contributed by atoms with Crippen molar-refractivity contribution in [1.82, 2.24) is 9.29 Å². The molecule has 0 spiro atoms. The predicted octanol–water partition coefficient (Wildman–Crippen LogP) is 2.51. The largest absolute Gasteiger partial charge is 0.451 e. The lowest BCUT2D eigenvalue weighted by Crippen LogP contribution is -2.25. The second-order valence-corrected chi connectivity index (χ2v) is 9.04. The van der Waals surface area contributed by atoms with E-state index in [4.69, 9.17) is 9.15 Å². The quantitative estimate of drug-likeness (QED) is 0.533. The average molecular weight is 406 g/mol. The third kappa shape index (κ3) is 3.77. The maximum Gasteiger partial charge on any atom is 0.374 e. The minimum atomic E-state index is -3.79. The molecule has 2 aliphatic rings. The zero-order valence-electron chi connectivity index (χ0n) is 15.7. The molecule has 2 aromatic heterocycles. The zero-order chi connectivity index (χ0) is 20.1. The minimum Gasteiger partial charge on any atom is -0.451 e. The summed E-state index contributed by atoms with van der Waals surface area (Å²) >= 11 is 0. The first-order valence-electron chi connectivity index (χ1n) is 9.27. The Morgan fingerprint density at radius 1 is 1.21 bits per heavy atom. The molecular weight excluding hydrogens is 384 g/mol. The van der Waals surface area contributed by atoms with Gasteiger partial charge >= 0.3 is 5.97 Å². The number of hydrogen-bond acceptors (Lipinski definition) is 6. The van der Waals surface area contributed by atoms with E-state index in [1.807, 2.05) is 19.9 Å². The van der Waals surface area contributed by atoms with Crippen LogP contribution in [0.3, 0.4) is 0 Å². The van der Waals surface area contributed by atoms with Crippen LogP contribution in [0.25, 0.3) is 0 Å². The number of esters is 1. The molecule has 0 unspecified atom stereocenters. The first-order chi connectivity index (χ1) is 13.3. The summed E-state index contributed by atoms with van der Waals surface area (Å²) in [6, 6.07) is 4.62. The molecule has 0 bridgehead atoms. The van der Waals surface area contributed by atoms with Crippen LogP contribution in [0.1, 0.15) is 64.0 Å². The highest BCUT2D eigenvalue weighted by molar-refractivity contribution is 7.89. The number of aromatic nitrogens is 1. The normalized spacial score (nSPS) is 16.9. The fourth-order valence-electron chi connectivity index (χ4n) is 3.29. The summed E-state index contributed by atoms with van der Waals surface area (Å²) in [5.41, 5.74) is 2.42. The SMILES string of the molecule is Cc1cc(C(=O)COC(=O)c2ccc(S(=O)(=O)NC3CC3)o2)c(C)n1C1CC1. The number of ketones is 1. The van der Waals surface area contributed by atoms with Gasteiger partial charge in [0.2, 0.25) is 16.6 Å². The van der Waals surface area contributed by atoms with Crippen LogP contribution in [0.15, 0.2) is 27.7 Å². The maximum atomic E-state index is 12.5. The second kappa shape index (κ2) is 6.89. The molecule has 0 amide bonds. The van der Waals surface area contributed by atoms with E-state index in [1.165, 1.54) is 12.1 Å². The van der Waals surface area contributed by atoms with Crippen LogP contribution in [0.2, 0.25) is 0 Å². The van der Waals surface area contributed by atoms with E-state index >= 15 is 0 Å². The minimum absolute atomic E-state index is 0.0715. The molecular formula is C19H22N2O6S. The number of Topliss-reactive ketones (excluding diaryl/α,β-unsaturated/α-hetero) is 1. The summed E-state index contributed by atoms with van der Waals surface area (Å²) < 4.78 is 38.9. The number of hydrogen-bond donors (Lipinski definition) is 1. The Morgan fingerprint density at radius 3 is 2.57 bits per heavy atom. The van der Waals surface area contributed by atoms with E-state index in [0.717, 1.165) is 37.1 Å². The Hall–Kier alpha value is -2.39. The number of nitrogens with zero attached hydrogens (tertiary/aromatic N) is 1. The molecule has 0 saturated heterocycles. The number of furan rings is 1. The van der Waals surface area contributed by atoms with Gasteiger partial charge in [0.15, 0.2) is 6.61 Å². The van der Waals surface area contributed by atoms with Crippen molar-refractivity contribution >= 4 is 21.8 Å². The van der Waals surface area contributed by atoms with Crippen molar-refractivity contribution in [3.05, 3.63) is 40.9 Å². The lowest BCUT2D eigenvalue weighted by molar-refractivity contribution is 0.0438. The monoisotopic (exact) mass is 406 g/mol. The van der Waals surface area contributed by atoms with Gasteiger partial charge in [-0.25, -0.2) is 17.9 Å². The Morgan fingerprint density at radius 2 is 1.93 bits per heavy atom. The van der Waals surface area contributed by atoms with Gasteiger partial charge < -0.3 is 13.7 Å². The molecule has 2 saturated carbocycles. The maximum absolute atomic E-state index is 12.5. The standard InChI is InChI=1S/C19H22N2O6S/c1-11-9-15(12(2)21(11)14-5-6-14)16(22)10-26-19(23)17-7-8-18(27-17)28(24,25)20-13-3-4-13/h7-9,13-14,20H,3-6,10H2,1-2H3. The van der Waals surface area contributed by atoms with Gasteiger partial charge in [-0.15, -0.1) is 0 Å². The number of carbonyl (C=O) groups is 2. The van der Waals surface area contributed by atoms with Crippen molar-refractivity contribution in [2.24, 2.45) is 0 Å². The van der Waals surface area contributed by atoms with Crippen molar-refractivity contribution in [3.63, 3.8) is 0 Å². The first-order valence-corrected chi connectivity index (χ1v) is 10.8. The molecule has 2 aliphatic carbocycles. The number of rotatable bonds is 8. The molecule has 0 atom stereocenters. The summed E-state index contributed by atoms with van der Waals surface area (Å²) in [7, 11) is -3.79. The fraction of sp³-hybridized carbons (Fsp3) is 0.474. The summed E-state index contributed by atoms with van der Waals surface area (Å²) in [6.45, 7) is 3.41. The fourth-order valence-corrected chi connectivity index (χ4v) is 4.52. The molecule has 8 nitrogen and oxygen atoms in total. The van der Waals surface area contributed by atoms with E-state index in [0.29, 0.717) is 11.6 Å². The van der Waals surface area contributed by atoms with E-state index < -0.39 is 22.6 Å². The predicted molar refractivity (Wildman–Crippen MR) is 98.8 cm³/mol. The van der Waals surface area contributed by atoms with Gasteiger partial charge in [0.25, 0.3) is 10.0 Å². The Balaban J connectivity index is 1.39. The van der Waals surface area contributed by atoms with Crippen LogP contribution < -0.4 is 4.72 Å². The average Bonchev–Trinajstić information content (AvgIpc) is 3.55. The van der Waals surface area contributed by atoms with Crippen molar-refractivity contribution < 1.29 is 27.2 Å². The van der Waals surface area contributed by atoms with Gasteiger partial charge in [-0.2, -0.15) is 0 Å². The number of sulfonamides is 1. The van der Waals surface area contributed by atoms with Crippen LogP contribution in [0.4, 0.5) is 0 Å². The lowest BCUT2D eigenvalue weighted by Gasteiger charge is -2.07. The molecule has 4 rings (SSSR count). The number of nitrogens with one attached hydrogen (secondary N) is 1. The molecule has 0 aliphatic heterocycles. The van der Waals surface area contributed by atoms with E-state index in [1.54, 1.807) is 0 Å². The molecule has 9 heteroatoms. The van der Waals surface area contributed by atoms with Crippen LogP contribution in [0, 0.1) is 13.8 Å². The van der Waals surface area contributed by atoms with E-state index in [2.05, 4.69) is 9.29 Å². The number of ether oxygens (including phenoxy) is 1. The van der Waals surface area contributed by atoms with E-state index in [-0.39, 0.29) is 22.7 Å². The van der Waals surface area contributed by atoms with E-state index in [9.17, 15) is 18.0 Å². The Bertz CT molecular complexity index is 1040. The molecule has 2 heterocycles. The van der Waals surface area contributed by atoms with Gasteiger partial charge in [0.05, 0.1) is 0 Å². The molecule has 28 heavy (non-hydrogen) atoms. The molecule has 1 N–H and O–H groups in total. The zero-order valence-corrected chi connectivity index (χ0v) is 16.5. The van der Waals surface area contributed by atoms with Gasteiger partial charge in [0.1, 0.15) is 0 Å². The molecule has 0 aromatic carbocycles. The van der Waals surface area contributed by atoms with Crippen molar-refractivity contribution in [2.45, 2.75) is 56.7 Å².